The molecule has 0 aliphatic carbocycles. The molecule has 3 heterocycles. The Hall–Kier alpha value is -2.41. The van der Waals surface area contributed by atoms with Crippen LogP contribution in [0.1, 0.15) is 18.1 Å². The Morgan fingerprint density at radius 3 is 3.10 bits per heavy atom. The van der Waals surface area contributed by atoms with Crippen LogP contribution in [0.2, 0.25) is 0 Å². The van der Waals surface area contributed by atoms with Crippen LogP contribution in [0.25, 0.3) is 0 Å². The number of urea groups is 1. The second kappa shape index (κ2) is 5.92. The molecule has 0 spiro atoms. The normalized spacial score (nSPS) is 21.2. The number of hydrogen-bond acceptors (Lipinski definition) is 4. The topological polar surface area (TPSA) is 81.1 Å². The molecule has 21 heavy (non-hydrogen) atoms. The van der Waals surface area contributed by atoms with Gasteiger partial charge in [0.15, 0.2) is 0 Å². The van der Waals surface area contributed by atoms with Crippen LogP contribution in [0.15, 0.2) is 36.9 Å². The number of ether oxygens (including phenoxy) is 1. The van der Waals surface area contributed by atoms with Crippen molar-refractivity contribution < 1.29 is 9.53 Å². The summed E-state index contributed by atoms with van der Waals surface area (Å²) in [6.45, 7) is 0.622. The molecular formula is C14H17N5O2. The molecule has 7 heteroatoms. The number of aryl methyl sites for hydroxylation is 1. The lowest BCUT2D eigenvalue weighted by Crippen LogP contribution is -2.39. The second-order valence-electron chi connectivity index (χ2n) is 4.97. The van der Waals surface area contributed by atoms with Crippen molar-refractivity contribution in [1.29, 1.82) is 0 Å². The average Bonchev–Trinajstić information content (AvgIpc) is 3.09. The van der Waals surface area contributed by atoms with E-state index in [1.807, 2.05) is 12.1 Å². The molecule has 0 unspecified atom stereocenters. The zero-order valence-corrected chi connectivity index (χ0v) is 11.7. The van der Waals surface area contributed by atoms with Crippen LogP contribution in [-0.2, 0) is 11.8 Å². The van der Waals surface area contributed by atoms with Crippen LogP contribution in [0.3, 0.4) is 0 Å². The minimum Gasteiger partial charge on any atom is -0.371 e. The van der Waals surface area contributed by atoms with Crippen molar-refractivity contribution in [3.8, 4) is 0 Å². The number of amides is 2. The number of aromatic nitrogens is 3. The number of pyridine rings is 1. The van der Waals surface area contributed by atoms with Crippen molar-refractivity contribution in [3.05, 3.63) is 42.5 Å². The van der Waals surface area contributed by atoms with Gasteiger partial charge >= 0.3 is 6.03 Å². The minimum absolute atomic E-state index is 0.0640. The number of carbonyl (C=O) groups is 1. The van der Waals surface area contributed by atoms with E-state index in [9.17, 15) is 4.79 Å². The van der Waals surface area contributed by atoms with Gasteiger partial charge in [0.05, 0.1) is 17.9 Å². The molecular weight excluding hydrogens is 270 g/mol. The SMILES string of the molecule is Cn1cc(NC(=O)N[C@H]2CCO[C@@H]2c2cccnc2)cn1. The lowest BCUT2D eigenvalue weighted by atomic mass is 10.0. The Morgan fingerprint density at radius 2 is 2.38 bits per heavy atom. The first kappa shape index (κ1) is 13.6. The Kier molecular flexibility index (Phi) is 3.83. The van der Waals surface area contributed by atoms with Gasteiger partial charge in [-0.15, -0.1) is 0 Å². The number of rotatable bonds is 3. The molecule has 0 aromatic carbocycles. The Balaban J connectivity index is 1.62. The molecule has 2 atom stereocenters. The van der Waals surface area contributed by atoms with E-state index in [0.717, 1.165) is 12.0 Å². The molecule has 1 saturated heterocycles. The smallest absolute Gasteiger partial charge is 0.319 e. The standard InChI is InChI=1S/C14H17N5O2/c1-19-9-11(8-16-19)17-14(20)18-12-4-6-21-13(12)10-3-2-5-15-7-10/h2-3,5,7-9,12-13H,4,6H2,1H3,(H2,17,18,20)/t12-,13+/m0/s1. The molecule has 2 aromatic heterocycles. The van der Waals surface area contributed by atoms with Gasteiger partial charge in [0.25, 0.3) is 0 Å². The summed E-state index contributed by atoms with van der Waals surface area (Å²) in [6, 6.07) is 3.50. The van der Waals surface area contributed by atoms with Crippen LogP contribution < -0.4 is 10.6 Å². The number of hydrogen-bond donors (Lipinski definition) is 2. The Morgan fingerprint density at radius 1 is 1.48 bits per heavy atom. The molecule has 2 N–H and O–H groups in total. The van der Waals surface area contributed by atoms with Gasteiger partial charge in [-0.1, -0.05) is 6.07 Å². The van der Waals surface area contributed by atoms with E-state index >= 15 is 0 Å². The molecule has 3 rings (SSSR count). The largest absolute Gasteiger partial charge is 0.371 e. The predicted molar refractivity (Wildman–Crippen MR) is 76.7 cm³/mol. The molecule has 2 aromatic rings. The van der Waals surface area contributed by atoms with E-state index in [4.69, 9.17) is 4.74 Å². The fraction of sp³-hybridized carbons (Fsp3) is 0.357. The van der Waals surface area contributed by atoms with E-state index < -0.39 is 0 Å². The van der Waals surface area contributed by atoms with E-state index in [1.54, 1.807) is 36.5 Å². The summed E-state index contributed by atoms with van der Waals surface area (Å²) >= 11 is 0. The van der Waals surface area contributed by atoms with Gasteiger partial charge in [-0.25, -0.2) is 4.79 Å². The van der Waals surface area contributed by atoms with Gasteiger partial charge in [0.2, 0.25) is 0 Å². The van der Waals surface area contributed by atoms with Crippen molar-refractivity contribution in [2.75, 3.05) is 11.9 Å². The summed E-state index contributed by atoms with van der Waals surface area (Å²) < 4.78 is 7.34. The highest BCUT2D eigenvalue weighted by atomic mass is 16.5. The molecule has 0 saturated carbocycles. The van der Waals surface area contributed by atoms with Crippen molar-refractivity contribution >= 4 is 11.7 Å². The van der Waals surface area contributed by atoms with Gasteiger partial charge in [-0.05, 0) is 12.5 Å². The summed E-state index contributed by atoms with van der Waals surface area (Å²) in [5.41, 5.74) is 1.63. The highest BCUT2D eigenvalue weighted by Gasteiger charge is 2.31. The molecule has 110 valence electrons. The average molecular weight is 287 g/mol. The van der Waals surface area contributed by atoms with Gasteiger partial charge in [0.1, 0.15) is 6.10 Å². The fourth-order valence-electron chi connectivity index (χ4n) is 2.43. The molecule has 1 aliphatic heterocycles. The lowest BCUT2D eigenvalue weighted by molar-refractivity contribution is 0.100. The summed E-state index contributed by atoms with van der Waals surface area (Å²) in [6.07, 6.45) is 7.45. The third kappa shape index (κ3) is 3.19. The highest BCUT2D eigenvalue weighted by molar-refractivity contribution is 5.89. The number of nitrogens with zero attached hydrogens (tertiary/aromatic N) is 3. The van der Waals surface area contributed by atoms with E-state index in [0.29, 0.717) is 12.3 Å². The molecule has 0 bridgehead atoms. The molecule has 2 amide bonds. The molecule has 1 aliphatic rings. The maximum absolute atomic E-state index is 12.0. The lowest BCUT2D eigenvalue weighted by Gasteiger charge is -2.19. The van der Waals surface area contributed by atoms with Crippen LogP contribution in [0, 0.1) is 0 Å². The number of carbonyl (C=O) groups excluding carboxylic acids is 1. The van der Waals surface area contributed by atoms with Crippen LogP contribution in [-0.4, -0.2) is 33.4 Å². The van der Waals surface area contributed by atoms with E-state index in [2.05, 4.69) is 20.7 Å². The summed E-state index contributed by atoms with van der Waals surface area (Å²) in [4.78, 5) is 16.1. The summed E-state index contributed by atoms with van der Waals surface area (Å²) in [7, 11) is 1.80. The molecule has 0 radical (unpaired) electrons. The summed E-state index contributed by atoms with van der Waals surface area (Å²) in [5.74, 6) is 0. The van der Waals surface area contributed by atoms with Crippen LogP contribution in [0.5, 0.6) is 0 Å². The third-order valence-corrected chi connectivity index (χ3v) is 3.38. The Bertz CT molecular complexity index is 613. The first-order valence-electron chi connectivity index (χ1n) is 6.80. The zero-order valence-electron chi connectivity index (χ0n) is 11.7. The van der Waals surface area contributed by atoms with Crippen molar-refractivity contribution in [3.63, 3.8) is 0 Å². The zero-order chi connectivity index (χ0) is 14.7. The fourth-order valence-corrected chi connectivity index (χ4v) is 2.43. The van der Waals surface area contributed by atoms with Crippen LogP contribution >= 0.6 is 0 Å². The minimum atomic E-state index is -0.257. The van der Waals surface area contributed by atoms with Crippen molar-refractivity contribution in [1.82, 2.24) is 20.1 Å². The van der Waals surface area contributed by atoms with Gasteiger partial charge < -0.3 is 15.4 Å². The van der Waals surface area contributed by atoms with Crippen LogP contribution in [0.4, 0.5) is 10.5 Å². The quantitative estimate of drug-likeness (QED) is 0.895. The number of anilines is 1. The predicted octanol–water partition coefficient (Wildman–Crippen LogP) is 1.47. The van der Waals surface area contributed by atoms with Gasteiger partial charge in [0, 0.05) is 37.8 Å². The van der Waals surface area contributed by atoms with Crippen molar-refractivity contribution in [2.45, 2.75) is 18.6 Å². The first-order chi connectivity index (χ1) is 10.2. The monoisotopic (exact) mass is 287 g/mol. The van der Waals surface area contributed by atoms with E-state index in [-0.39, 0.29) is 18.2 Å². The van der Waals surface area contributed by atoms with Gasteiger partial charge in [-0.3, -0.25) is 9.67 Å². The Labute approximate surface area is 122 Å². The first-order valence-corrected chi connectivity index (χ1v) is 6.80. The van der Waals surface area contributed by atoms with E-state index in [1.165, 1.54) is 0 Å². The van der Waals surface area contributed by atoms with Crippen molar-refractivity contribution in [2.24, 2.45) is 7.05 Å². The summed E-state index contributed by atoms with van der Waals surface area (Å²) in [5, 5.41) is 9.71. The third-order valence-electron chi connectivity index (χ3n) is 3.38. The molecule has 7 nitrogen and oxygen atoms in total. The second-order valence-corrected chi connectivity index (χ2v) is 4.97. The molecule has 1 fully saturated rings. The highest BCUT2D eigenvalue weighted by Crippen LogP contribution is 2.28. The number of nitrogens with one attached hydrogen (secondary N) is 2. The maximum Gasteiger partial charge on any atom is 0.319 e. The maximum atomic E-state index is 12.0. The van der Waals surface area contributed by atoms with Gasteiger partial charge in [-0.2, -0.15) is 5.10 Å².